The van der Waals surface area contributed by atoms with E-state index >= 15 is 0 Å². The van der Waals surface area contributed by atoms with Crippen molar-refractivity contribution in [3.8, 4) is 0 Å². The number of carboxylic acid groups (broad SMARTS) is 1. The molecule has 0 aliphatic rings. The number of benzene rings is 1. The van der Waals surface area contributed by atoms with E-state index in [2.05, 4.69) is 5.14 Å². The molecule has 0 bridgehead atoms. The second kappa shape index (κ2) is 4.18. The lowest BCUT2D eigenvalue weighted by Crippen LogP contribution is -2.40. The van der Waals surface area contributed by atoms with Gasteiger partial charge >= 0.3 is 5.97 Å². The highest BCUT2D eigenvalue weighted by molar-refractivity contribution is 7.89. The van der Waals surface area contributed by atoms with Gasteiger partial charge in [-0.1, -0.05) is 30.3 Å². The fourth-order valence-corrected chi connectivity index (χ4v) is 2.09. The van der Waals surface area contributed by atoms with E-state index < -0.39 is 27.4 Å². The molecule has 7 heteroatoms. The number of nitrogens with two attached hydrogens (primary N) is 1. The molecule has 1 unspecified atom stereocenters. The Labute approximate surface area is 91.7 Å². The van der Waals surface area contributed by atoms with Crippen molar-refractivity contribution < 1.29 is 22.7 Å². The van der Waals surface area contributed by atoms with E-state index in [9.17, 15) is 17.6 Å². The molecule has 0 saturated carbocycles. The van der Waals surface area contributed by atoms with E-state index in [1.165, 1.54) is 24.3 Å². The third-order valence-electron chi connectivity index (χ3n) is 1.97. The number of hydrogen-bond acceptors (Lipinski definition) is 3. The molecule has 1 aromatic rings. The van der Waals surface area contributed by atoms with Gasteiger partial charge in [0.15, 0.2) is 0 Å². The van der Waals surface area contributed by atoms with Gasteiger partial charge in [-0.3, -0.25) is 0 Å². The Morgan fingerprint density at radius 2 is 1.88 bits per heavy atom. The number of alkyl halides is 1. The molecule has 1 aromatic carbocycles. The number of sulfonamides is 1. The van der Waals surface area contributed by atoms with Crippen LogP contribution < -0.4 is 5.14 Å². The van der Waals surface area contributed by atoms with Gasteiger partial charge in [0.1, 0.15) is 5.75 Å². The molecule has 5 nitrogen and oxygen atoms in total. The molecule has 1 rings (SSSR count). The minimum atomic E-state index is -4.23. The van der Waals surface area contributed by atoms with Gasteiger partial charge in [0.05, 0.1) is 0 Å². The summed E-state index contributed by atoms with van der Waals surface area (Å²) in [5.74, 6) is -3.17. The van der Waals surface area contributed by atoms with Gasteiger partial charge in [-0.2, -0.15) is 0 Å². The molecule has 0 heterocycles. The minimum Gasteiger partial charge on any atom is -0.479 e. The van der Waals surface area contributed by atoms with Crippen LogP contribution in [0.25, 0.3) is 0 Å². The molecule has 0 aliphatic carbocycles. The van der Waals surface area contributed by atoms with Crippen molar-refractivity contribution in [1.29, 1.82) is 0 Å². The Hall–Kier alpha value is -1.47. The van der Waals surface area contributed by atoms with Crippen LogP contribution in [-0.4, -0.2) is 25.2 Å². The van der Waals surface area contributed by atoms with Gasteiger partial charge in [0, 0.05) is 5.56 Å². The zero-order chi connectivity index (χ0) is 12.4. The monoisotopic (exact) mass is 247 g/mol. The van der Waals surface area contributed by atoms with Crippen molar-refractivity contribution in [2.75, 3.05) is 5.75 Å². The molecule has 0 aromatic heterocycles. The maximum Gasteiger partial charge on any atom is 0.347 e. The van der Waals surface area contributed by atoms with Crippen LogP contribution in [0.3, 0.4) is 0 Å². The van der Waals surface area contributed by atoms with Gasteiger partial charge in [-0.05, 0) is 0 Å². The normalized spacial score (nSPS) is 15.4. The van der Waals surface area contributed by atoms with E-state index in [0.717, 1.165) is 0 Å². The van der Waals surface area contributed by atoms with Crippen LogP contribution in [0.15, 0.2) is 30.3 Å². The molecule has 0 spiro atoms. The van der Waals surface area contributed by atoms with Crippen LogP contribution in [0.4, 0.5) is 4.39 Å². The Morgan fingerprint density at radius 1 is 1.38 bits per heavy atom. The summed E-state index contributed by atoms with van der Waals surface area (Å²) in [7, 11) is -4.23. The molecule has 0 fully saturated rings. The highest BCUT2D eigenvalue weighted by Crippen LogP contribution is 2.27. The lowest BCUT2D eigenvalue weighted by molar-refractivity contribution is -0.150. The zero-order valence-electron chi connectivity index (χ0n) is 8.13. The van der Waals surface area contributed by atoms with Crippen molar-refractivity contribution in [3.05, 3.63) is 35.9 Å². The summed E-state index contributed by atoms with van der Waals surface area (Å²) in [6.07, 6.45) is 0. The highest BCUT2D eigenvalue weighted by atomic mass is 32.2. The molecule has 0 aliphatic heterocycles. The number of aliphatic carboxylic acids is 1. The summed E-state index contributed by atoms with van der Waals surface area (Å²) in [5.41, 5.74) is -3.27. The van der Waals surface area contributed by atoms with E-state index in [1.807, 2.05) is 0 Å². The predicted octanol–water partition coefficient (Wildman–Crippen LogP) is 0.225. The second-order valence-electron chi connectivity index (χ2n) is 3.28. The summed E-state index contributed by atoms with van der Waals surface area (Å²) in [6.45, 7) is 0. The van der Waals surface area contributed by atoms with Crippen molar-refractivity contribution in [1.82, 2.24) is 0 Å². The van der Waals surface area contributed by atoms with E-state index in [4.69, 9.17) is 5.11 Å². The van der Waals surface area contributed by atoms with Crippen LogP contribution >= 0.6 is 0 Å². The molecule has 3 N–H and O–H groups in total. The quantitative estimate of drug-likeness (QED) is 0.795. The van der Waals surface area contributed by atoms with Crippen molar-refractivity contribution in [3.63, 3.8) is 0 Å². The Kier molecular flexibility index (Phi) is 3.30. The largest absolute Gasteiger partial charge is 0.479 e. The Morgan fingerprint density at radius 3 is 2.25 bits per heavy atom. The van der Waals surface area contributed by atoms with Crippen molar-refractivity contribution in [2.24, 2.45) is 5.14 Å². The van der Waals surface area contributed by atoms with E-state index in [0.29, 0.717) is 0 Å². The first-order chi connectivity index (χ1) is 7.26. The van der Waals surface area contributed by atoms with Crippen LogP contribution in [-0.2, 0) is 20.5 Å². The topological polar surface area (TPSA) is 97.5 Å². The highest BCUT2D eigenvalue weighted by Gasteiger charge is 2.44. The maximum atomic E-state index is 14.1. The first-order valence-electron chi connectivity index (χ1n) is 4.24. The van der Waals surface area contributed by atoms with Crippen molar-refractivity contribution in [2.45, 2.75) is 5.67 Å². The number of halogens is 1. The molecule has 88 valence electrons. The smallest absolute Gasteiger partial charge is 0.347 e. The SMILES string of the molecule is NS(=O)(=O)CC(F)(C(=O)O)c1ccccc1. The lowest BCUT2D eigenvalue weighted by Gasteiger charge is -2.19. The predicted molar refractivity (Wildman–Crippen MR) is 54.8 cm³/mol. The van der Waals surface area contributed by atoms with Gasteiger partial charge in [-0.15, -0.1) is 0 Å². The molecule has 1 atom stereocenters. The first-order valence-corrected chi connectivity index (χ1v) is 5.95. The van der Waals surface area contributed by atoms with Gasteiger partial charge in [0.2, 0.25) is 15.7 Å². The zero-order valence-corrected chi connectivity index (χ0v) is 8.95. The van der Waals surface area contributed by atoms with Crippen LogP contribution in [0.1, 0.15) is 5.56 Å². The van der Waals surface area contributed by atoms with Gasteiger partial charge in [-0.25, -0.2) is 22.7 Å². The maximum absolute atomic E-state index is 14.1. The lowest BCUT2D eigenvalue weighted by atomic mass is 9.98. The molecular formula is C9H10FNO4S. The molecule has 0 amide bonds. The molecular weight excluding hydrogens is 237 g/mol. The average Bonchev–Trinajstić information content (AvgIpc) is 2.16. The number of primary sulfonamides is 1. The first kappa shape index (κ1) is 12.6. The Balaban J connectivity index is 3.23. The Bertz CT molecular complexity index is 487. The summed E-state index contributed by atoms with van der Waals surface area (Å²) >= 11 is 0. The second-order valence-corrected chi connectivity index (χ2v) is 4.89. The van der Waals surface area contributed by atoms with Crippen molar-refractivity contribution >= 4 is 16.0 Å². The third-order valence-corrected chi connectivity index (χ3v) is 2.77. The summed E-state index contributed by atoms with van der Waals surface area (Å²) < 4.78 is 35.7. The summed E-state index contributed by atoms with van der Waals surface area (Å²) in [5, 5.41) is 13.4. The average molecular weight is 247 g/mol. The van der Waals surface area contributed by atoms with E-state index in [-0.39, 0.29) is 5.56 Å². The van der Waals surface area contributed by atoms with Gasteiger partial charge < -0.3 is 5.11 Å². The fraction of sp³-hybridized carbons (Fsp3) is 0.222. The fourth-order valence-electron chi connectivity index (χ4n) is 1.25. The molecule has 0 radical (unpaired) electrons. The molecule has 0 saturated heterocycles. The standard InChI is InChI=1S/C9H10FNO4S/c10-9(8(12)13,6-16(11,14)15)7-4-2-1-3-5-7/h1-5H,6H2,(H,12,13)(H2,11,14,15). The van der Waals surface area contributed by atoms with Crippen LogP contribution in [0, 0.1) is 0 Å². The third kappa shape index (κ3) is 2.77. The number of carbonyl (C=O) groups is 1. The number of hydrogen-bond donors (Lipinski definition) is 2. The molecule has 16 heavy (non-hydrogen) atoms. The number of rotatable bonds is 4. The minimum absolute atomic E-state index is 0.253. The summed E-state index contributed by atoms with van der Waals surface area (Å²) in [6, 6.07) is 6.77. The van der Waals surface area contributed by atoms with Crippen LogP contribution in [0.5, 0.6) is 0 Å². The van der Waals surface area contributed by atoms with E-state index in [1.54, 1.807) is 6.07 Å². The van der Waals surface area contributed by atoms with Crippen LogP contribution in [0.2, 0.25) is 0 Å². The summed E-state index contributed by atoms with van der Waals surface area (Å²) in [4.78, 5) is 10.8. The number of carboxylic acids is 1. The van der Waals surface area contributed by atoms with Gasteiger partial charge in [0.25, 0.3) is 0 Å².